The van der Waals surface area contributed by atoms with Crippen LogP contribution < -0.4 is 19.8 Å². The zero-order valence-electron chi connectivity index (χ0n) is 14.5. The molecule has 0 bridgehead atoms. The highest BCUT2D eigenvalue weighted by molar-refractivity contribution is 7.89. The second kappa shape index (κ2) is 6.71. The van der Waals surface area contributed by atoms with Crippen LogP contribution in [0.4, 0.5) is 0 Å². The van der Waals surface area contributed by atoms with Crippen molar-refractivity contribution >= 4 is 21.0 Å². The first kappa shape index (κ1) is 17.6. The van der Waals surface area contributed by atoms with Crippen LogP contribution in [0.2, 0.25) is 0 Å². The standard InChI is InChI=1S/C19H17NO6S/c1-12(13-2-5-17-18(11-13)25-9-8-24-17)20-27(22,23)15-4-6-16-14(10-15)3-7-19(21)26-16/h2-7,10-12,20H,8-9H2,1H3. The Bertz CT molecular complexity index is 1170. The summed E-state index contributed by atoms with van der Waals surface area (Å²) < 4.78 is 44.2. The second-order valence-electron chi connectivity index (χ2n) is 6.20. The third kappa shape index (κ3) is 3.54. The monoisotopic (exact) mass is 387 g/mol. The summed E-state index contributed by atoms with van der Waals surface area (Å²) in [5, 5.41) is 0.532. The van der Waals surface area contributed by atoms with Crippen LogP contribution in [0.5, 0.6) is 11.5 Å². The number of rotatable bonds is 4. The molecular weight excluding hydrogens is 370 g/mol. The highest BCUT2D eigenvalue weighted by atomic mass is 32.2. The van der Waals surface area contributed by atoms with Crippen LogP contribution in [0.1, 0.15) is 18.5 Å². The fraction of sp³-hybridized carbons (Fsp3) is 0.211. The Hall–Kier alpha value is -2.84. The van der Waals surface area contributed by atoms with E-state index in [-0.39, 0.29) is 4.90 Å². The van der Waals surface area contributed by atoms with Gasteiger partial charge in [0.1, 0.15) is 18.8 Å². The molecule has 4 rings (SSSR count). The molecule has 1 aliphatic heterocycles. The third-order valence-electron chi connectivity index (χ3n) is 4.30. The molecule has 0 radical (unpaired) electrons. The summed E-state index contributed by atoms with van der Waals surface area (Å²) in [4.78, 5) is 11.3. The molecule has 7 nitrogen and oxygen atoms in total. The van der Waals surface area contributed by atoms with Gasteiger partial charge in [0.05, 0.1) is 4.90 Å². The molecule has 0 saturated heterocycles. The summed E-state index contributed by atoms with van der Waals surface area (Å²) >= 11 is 0. The van der Waals surface area contributed by atoms with Crippen LogP contribution >= 0.6 is 0 Å². The van der Waals surface area contributed by atoms with E-state index in [9.17, 15) is 13.2 Å². The number of benzene rings is 2. The highest BCUT2D eigenvalue weighted by Gasteiger charge is 2.21. The molecule has 3 aromatic rings. The van der Waals surface area contributed by atoms with E-state index in [1.54, 1.807) is 25.1 Å². The molecule has 0 saturated carbocycles. The Morgan fingerprint density at radius 3 is 2.56 bits per heavy atom. The molecule has 1 aliphatic rings. The van der Waals surface area contributed by atoms with Crippen molar-refractivity contribution in [3.8, 4) is 11.5 Å². The minimum atomic E-state index is -3.77. The molecule has 140 valence electrons. The summed E-state index contributed by atoms with van der Waals surface area (Å²) in [6, 6.07) is 12.0. The minimum absolute atomic E-state index is 0.0910. The zero-order valence-corrected chi connectivity index (χ0v) is 15.3. The lowest BCUT2D eigenvalue weighted by atomic mass is 10.1. The van der Waals surface area contributed by atoms with Crippen LogP contribution in [-0.2, 0) is 10.0 Å². The number of nitrogens with one attached hydrogen (secondary N) is 1. The maximum Gasteiger partial charge on any atom is 0.336 e. The third-order valence-corrected chi connectivity index (χ3v) is 5.84. The van der Waals surface area contributed by atoms with Crippen LogP contribution in [-0.4, -0.2) is 21.6 Å². The van der Waals surface area contributed by atoms with Crippen molar-refractivity contribution in [2.75, 3.05) is 13.2 Å². The van der Waals surface area contributed by atoms with Gasteiger partial charge in [-0.2, -0.15) is 0 Å². The van der Waals surface area contributed by atoms with Gasteiger partial charge in [-0.1, -0.05) is 6.07 Å². The number of fused-ring (bicyclic) bond motifs is 2. The summed E-state index contributed by atoms with van der Waals surface area (Å²) in [5.74, 6) is 1.25. The van der Waals surface area contributed by atoms with Gasteiger partial charge in [-0.25, -0.2) is 17.9 Å². The quantitative estimate of drug-likeness (QED) is 0.692. The summed E-state index contributed by atoms with van der Waals surface area (Å²) in [6.45, 7) is 2.71. The van der Waals surface area contributed by atoms with Gasteiger partial charge >= 0.3 is 5.63 Å². The molecule has 0 aliphatic carbocycles. The van der Waals surface area contributed by atoms with Gasteiger partial charge in [-0.15, -0.1) is 0 Å². The average Bonchev–Trinajstić information content (AvgIpc) is 2.66. The minimum Gasteiger partial charge on any atom is -0.486 e. The van der Waals surface area contributed by atoms with E-state index in [2.05, 4.69) is 4.72 Å². The normalized spacial score (nSPS) is 14.9. The van der Waals surface area contributed by atoms with Crippen molar-refractivity contribution in [1.29, 1.82) is 0 Å². The number of sulfonamides is 1. The fourth-order valence-electron chi connectivity index (χ4n) is 2.92. The molecule has 2 aromatic carbocycles. The topological polar surface area (TPSA) is 94.8 Å². The maximum absolute atomic E-state index is 12.8. The molecule has 8 heteroatoms. The first-order chi connectivity index (χ1) is 12.9. The van der Waals surface area contributed by atoms with Crippen molar-refractivity contribution in [3.63, 3.8) is 0 Å². The molecule has 1 atom stereocenters. The SMILES string of the molecule is CC(NS(=O)(=O)c1ccc2oc(=O)ccc2c1)c1ccc2c(c1)OCCO2. The number of hydrogen-bond acceptors (Lipinski definition) is 6. The Labute approximate surface area is 155 Å². The molecule has 1 N–H and O–H groups in total. The van der Waals surface area contributed by atoms with Crippen molar-refractivity contribution in [3.05, 3.63) is 64.5 Å². The van der Waals surface area contributed by atoms with E-state index in [1.807, 2.05) is 0 Å². The van der Waals surface area contributed by atoms with Crippen molar-refractivity contribution in [2.24, 2.45) is 0 Å². The Kier molecular flexibility index (Phi) is 4.37. The van der Waals surface area contributed by atoms with Gasteiger partial charge < -0.3 is 13.9 Å². The molecule has 0 amide bonds. The molecule has 1 aromatic heterocycles. The summed E-state index contributed by atoms with van der Waals surface area (Å²) in [6.07, 6.45) is 0. The first-order valence-corrected chi connectivity index (χ1v) is 9.86. The fourth-order valence-corrected chi connectivity index (χ4v) is 4.18. The molecular formula is C19H17NO6S. The lowest BCUT2D eigenvalue weighted by Crippen LogP contribution is -2.27. The van der Waals surface area contributed by atoms with E-state index in [0.29, 0.717) is 35.7 Å². The molecule has 0 spiro atoms. The van der Waals surface area contributed by atoms with Crippen LogP contribution in [0.25, 0.3) is 11.0 Å². The van der Waals surface area contributed by atoms with E-state index in [0.717, 1.165) is 5.56 Å². The lowest BCUT2D eigenvalue weighted by Gasteiger charge is -2.21. The molecule has 0 fully saturated rings. The van der Waals surface area contributed by atoms with Crippen LogP contribution in [0, 0.1) is 0 Å². The average molecular weight is 387 g/mol. The van der Waals surface area contributed by atoms with Gasteiger partial charge in [0.25, 0.3) is 0 Å². The van der Waals surface area contributed by atoms with Crippen molar-refractivity contribution in [2.45, 2.75) is 17.9 Å². The van der Waals surface area contributed by atoms with E-state index in [4.69, 9.17) is 13.9 Å². The van der Waals surface area contributed by atoms with Gasteiger partial charge in [-0.05, 0) is 48.9 Å². The van der Waals surface area contributed by atoms with Gasteiger partial charge in [0, 0.05) is 17.5 Å². The van der Waals surface area contributed by atoms with E-state index < -0.39 is 21.7 Å². The van der Waals surface area contributed by atoms with E-state index in [1.165, 1.54) is 30.3 Å². The van der Waals surface area contributed by atoms with Crippen LogP contribution in [0.3, 0.4) is 0 Å². The zero-order chi connectivity index (χ0) is 19.0. The largest absolute Gasteiger partial charge is 0.486 e. The molecule has 2 heterocycles. The number of ether oxygens (including phenoxy) is 2. The Morgan fingerprint density at radius 2 is 1.74 bits per heavy atom. The summed E-state index contributed by atoms with van der Waals surface area (Å²) in [7, 11) is -3.77. The Balaban J connectivity index is 1.61. The lowest BCUT2D eigenvalue weighted by molar-refractivity contribution is 0.171. The summed E-state index contributed by atoms with van der Waals surface area (Å²) in [5.41, 5.74) is 0.611. The van der Waals surface area contributed by atoms with Gasteiger partial charge in [0.15, 0.2) is 11.5 Å². The van der Waals surface area contributed by atoms with Gasteiger partial charge in [0.2, 0.25) is 10.0 Å². The van der Waals surface area contributed by atoms with Gasteiger partial charge in [-0.3, -0.25) is 0 Å². The van der Waals surface area contributed by atoms with E-state index >= 15 is 0 Å². The first-order valence-electron chi connectivity index (χ1n) is 8.38. The smallest absolute Gasteiger partial charge is 0.336 e. The molecule has 27 heavy (non-hydrogen) atoms. The Morgan fingerprint density at radius 1 is 0.963 bits per heavy atom. The second-order valence-corrected chi connectivity index (χ2v) is 7.91. The highest BCUT2D eigenvalue weighted by Crippen LogP contribution is 2.33. The molecule has 1 unspecified atom stereocenters. The maximum atomic E-state index is 12.8. The predicted molar refractivity (Wildman–Crippen MR) is 98.7 cm³/mol. The van der Waals surface area contributed by atoms with Crippen molar-refractivity contribution < 1.29 is 22.3 Å². The number of hydrogen-bond donors (Lipinski definition) is 1. The predicted octanol–water partition coefficient (Wildman–Crippen LogP) is 2.60. The van der Waals surface area contributed by atoms with Crippen molar-refractivity contribution in [1.82, 2.24) is 4.72 Å². The van der Waals surface area contributed by atoms with Crippen LogP contribution in [0.15, 0.2) is 62.6 Å².